The van der Waals surface area contributed by atoms with Gasteiger partial charge in [-0.05, 0) is 56.0 Å². The Balaban J connectivity index is 1.65. The van der Waals surface area contributed by atoms with E-state index in [4.69, 9.17) is 0 Å². The normalized spacial score (nSPS) is 25.8. The molecule has 1 aromatic rings. The third-order valence-corrected chi connectivity index (χ3v) is 5.43. The van der Waals surface area contributed by atoms with Gasteiger partial charge in [0.2, 0.25) is 5.91 Å². The van der Waals surface area contributed by atoms with E-state index in [9.17, 15) is 9.59 Å². The van der Waals surface area contributed by atoms with Crippen LogP contribution in [0, 0.1) is 11.3 Å². The molecule has 0 unspecified atom stereocenters. The molecule has 0 aromatic heterocycles. The van der Waals surface area contributed by atoms with Gasteiger partial charge in [0, 0.05) is 24.3 Å². The predicted octanol–water partition coefficient (Wildman–Crippen LogP) is 2.54. The maximum atomic E-state index is 12.9. The zero-order chi connectivity index (χ0) is 17.0. The monoisotopic (exact) mass is 329 g/mol. The van der Waals surface area contributed by atoms with Crippen LogP contribution < -0.4 is 16.0 Å². The number of amides is 2. The van der Waals surface area contributed by atoms with Gasteiger partial charge in [-0.3, -0.25) is 9.59 Å². The summed E-state index contributed by atoms with van der Waals surface area (Å²) >= 11 is 0. The van der Waals surface area contributed by atoms with E-state index in [1.807, 2.05) is 19.1 Å². The Hall–Kier alpha value is -1.88. The summed E-state index contributed by atoms with van der Waals surface area (Å²) in [5, 5.41) is 9.33. The highest BCUT2D eigenvalue weighted by atomic mass is 16.2. The Morgan fingerprint density at radius 3 is 2.79 bits per heavy atom. The van der Waals surface area contributed by atoms with Crippen molar-refractivity contribution in [1.82, 2.24) is 10.6 Å². The van der Waals surface area contributed by atoms with Gasteiger partial charge < -0.3 is 16.0 Å². The quantitative estimate of drug-likeness (QED) is 0.777. The van der Waals surface area contributed by atoms with E-state index in [0.717, 1.165) is 44.5 Å². The lowest BCUT2D eigenvalue weighted by atomic mass is 9.67. The fourth-order valence-corrected chi connectivity index (χ4v) is 3.99. The van der Waals surface area contributed by atoms with Crippen LogP contribution >= 0.6 is 0 Å². The van der Waals surface area contributed by atoms with Crippen molar-refractivity contribution in [2.24, 2.45) is 11.3 Å². The summed E-state index contributed by atoms with van der Waals surface area (Å²) in [5.41, 5.74) is 1.13. The van der Waals surface area contributed by atoms with Crippen molar-refractivity contribution in [2.75, 3.05) is 25.0 Å². The van der Waals surface area contributed by atoms with Gasteiger partial charge in [0.05, 0.1) is 5.41 Å². The number of nitrogens with one attached hydrogen (secondary N) is 3. The highest BCUT2D eigenvalue weighted by Gasteiger charge is 2.49. The molecule has 0 radical (unpaired) electrons. The standard InChI is InChI=1S/C19H27N3O2/c1-2-11-21-17(23)14-6-8-16(9-7-14)22-18(24)19-10-4-3-5-15(19)12-20-13-19/h6-9,15,20H,2-5,10-13H2,1H3,(H,21,23)(H,22,24)/t15-,19+/m0/s1. The maximum Gasteiger partial charge on any atom is 0.251 e. The summed E-state index contributed by atoms with van der Waals surface area (Å²) in [4.78, 5) is 24.8. The Morgan fingerprint density at radius 1 is 1.25 bits per heavy atom. The predicted molar refractivity (Wildman–Crippen MR) is 95.0 cm³/mol. The van der Waals surface area contributed by atoms with Crippen molar-refractivity contribution in [2.45, 2.75) is 39.0 Å². The number of carbonyl (C=O) groups is 2. The Morgan fingerprint density at radius 2 is 2.04 bits per heavy atom. The van der Waals surface area contributed by atoms with E-state index in [0.29, 0.717) is 18.0 Å². The van der Waals surface area contributed by atoms with Crippen LogP contribution in [-0.2, 0) is 4.79 Å². The molecule has 1 heterocycles. The molecular weight excluding hydrogens is 302 g/mol. The lowest BCUT2D eigenvalue weighted by Crippen LogP contribution is -2.44. The largest absolute Gasteiger partial charge is 0.352 e. The van der Waals surface area contributed by atoms with Crippen molar-refractivity contribution in [1.29, 1.82) is 0 Å². The van der Waals surface area contributed by atoms with E-state index in [-0.39, 0.29) is 17.2 Å². The maximum absolute atomic E-state index is 12.9. The van der Waals surface area contributed by atoms with E-state index in [2.05, 4.69) is 16.0 Å². The van der Waals surface area contributed by atoms with E-state index in [1.54, 1.807) is 12.1 Å². The van der Waals surface area contributed by atoms with Gasteiger partial charge in [-0.25, -0.2) is 0 Å². The molecule has 2 fully saturated rings. The first kappa shape index (κ1) is 17.0. The smallest absolute Gasteiger partial charge is 0.251 e. The number of fused-ring (bicyclic) bond motifs is 1. The van der Waals surface area contributed by atoms with Gasteiger partial charge in [0.15, 0.2) is 0 Å². The molecule has 3 rings (SSSR count). The van der Waals surface area contributed by atoms with Crippen LogP contribution in [0.2, 0.25) is 0 Å². The van der Waals surface area contributed by atoms with Gasteiger partial charge >= 0.3 is 0 Å². The molecule has 130 valence electrons. The van der Waals surface area contributed by atoms with Crippen LogP contribution in [0.1, 0.15) is 49.4 Å². The van der Waals surface area contributed by atoms with Crippen molar-refractivity contribution < 1.29 is 9.59 Å². The fourth-order valence-electron chi connectivity index (χ4n) is 3.99. The molecule has 24 heavy (non-hydrogen) atoms. The number of hydrogen-bond donors (Lipinski definition) is 3. The van der Waals surface area contributed by atoms with E-state index in [1.165, 1.54) is 6.42 Å². The van der Waals surface area contributed by atoms with Gasteiger partial charge in [0.1, 0.15) is 0 Å². The van der Waals surface area contributed by atoms with Crippen LogP contribution in [0.15, 0.2) is 24.3 Å². The molecule has 5 nitrogen and oxygen atoms in total. The molecule has 3 N–H and O–H groups in total. The van der Waals surface area contributed by atoms with E-state index >= 15 is 0 Å². The van der Waals surface area contributed by atoms with Crippen molar-refractivity contribution in [3.05, 3.63) is 29.8 Å². The second-order valence-corrected chi connectivity index (χ2v) is 7.02. The Labute approximate surface area is 143 Å². The molecule has 0 spiro atoms. The first-order valence-corrected chi connectivity index (χ1v) is 9.06. The van der Waals surface area contributed by atoms with Crippen LogP contribution in [-0.4, -0.2) is 31.4 Å². The molecule has 2 atom stereocenters. The van der Waals surface area contributed by atoms with Crippen molar-refractivity contribution >= 4 is 17.5 Å². The highest BCUT2D eigenvalue weighted by molar-refractivity contribution is 5.98. The van der Waals surface area contributed by atoms with Crippen molar-refractivity contribution in [3.8, 4) is 0 Å². The average molecular weight is 329 g/mol. The SMILES string of the molecule is CCCNC(=O)c1ccc(NC(=O)[C@@]23CCCC[C@H]2CNC3)cc1. The average Bonchev–Trinajstić information content (AvgIpc) is 3.05. The van der Waals surface area contributed by atoms with Crippen LogP contribution in [0.4, 0.5) is 5.69 Å². The third kappa shape index (κ3) is 3.31. The first-order valence-electron chi connectivity index (χ1n) is 9.06. The van der Waals surface area contributed by atoms with Crippen LogP contribution in [0.5, 0.6) is 0 Å². The summed E-state index contributed by atoms with van der Waals surface area (Å²) in [5.74, 6) is 0.506. The molecule has 1 aliphatic carbocycles. The summed E-state index contributed by atoms with van der Waals surface area (Å²) in [6, 6.07) is 7.16. The topological polar surface area (TPSA) is 70.2 Å². The number of hydrogen-bond acceptors (Lipinski definition) is 3. The number of carbonyl (C=O) groups excluding carboxylic acids is 2. The fraction of sp³-hybridized carbons (Fsp3) is 0.579. The van der Waals surface area contributed by atoms with Crippen LogP contribution in [0.3, 0.4) is 0 Å². The van der Waals surface area contributed by atoms with Gasteiger partial charge in [-0.15, -0.1) is 0 Å². The van der Waals surface area contributed by atoms with E-state index < -0.39 is 0 Å². The summed E-state index contributed by atoms with van der Waals surface area (Å²) in [7, 11) is 0. The minimum atomic E-state index is -0.255. The van der Waals surface area contributed by atoms with Crippen molar-refractivity contribution in [3.63, 3.8) is 0 Å². The first-order chi connectivity index (χ1) is 11.7. The molecule has 1 saturated carbocycles. The highest BCUT2D eigenvalue weighted by Crippen LogP contribution is 2.44. The lowest BCUT2D eigenvalue weighted by molar-refractivity contribution is -0.128. The Bertz CT molecular complexity index is 599. The molecule has 1 saturated heterocycles. The molecule has 0 bridgehead atoms. The zero-order valence-electron chi connectivity index (χ0n) is 14.4. The summed E-state index contributed by atoms with van der Waals surface area (Å²) < 4.78 is 0. The molecule has 1 aromatic carbocycles. The summed E-state index contributed by atoms with van der Waals surface area (Å²) in [6.45, 7) is 4.42. The molecule has 1 aliphatic heterocycles. The second-order valence-electron chi connectivity index (χ2n) is 7.02. The molecule has 2 aliphatic rings. The molecule has 5 heteroatoms. The number of rotatable bonds is 5. The second kappa shape index (κ2) is 7.34. The zero-order valence-corrected chi connectivity index (χ0v) is 14.4. The number of benzene rings is 1. The number of anilines is 1. The molecule has 2 amide bonds. The Kier molecular flexibility index (Phi) is 5.19. The van der Waals surface area contributed by atoms with Crippen LogP contribution in [0.25, 0.3) is 0 Å². The lowest BCUT2D eigenvalue weighted by Gasteiger charge is -2.37. The van der Waals surface area contributed by atoms with Gasteiger partial charge in [-0.2, -0.15) is 0 Å². The molecular formula is C19H27N3O2. The summed E-state index contributed by atoms with van der Waals surface area (Å²) in [6.07, 6.45) is 5.37. The minimum Gasteiger partial charge on any atom is -0.352 e. The third-order valence-electron chi connectivity index (χ3n) is 5.43. The van der Waals surface area contributed by atoms with Gasteiger partial charge in [-0.1, -0.05) is 19.8 Å². The minimum absolute atomic E-state index is 0.0688. The van der Waals surface area contributed by atoms with Gasteiger partial charge in [0.25, 0.3) is 5.91 Å².